The van der Waals surface area contributed by atoms with Gasteiger partial charge in [-0.25, -0.2) is 4.98 Å². The number of aromatic nitrogens is 3. The number of furan rings is 1. The number of nitrogens with zero attached hydrogens (tertiary/aromatic N) is 4. The van der Waals surface area contributed by atoms with E-state index < -0.39 is 0 Å². The normalized spacial score (nSPS) is 18.0. The highest BCUT2D eigenvalue weighted by atomic mass is 16.3. The maximum Gasteiger partial charge on any atom is 0.289 e. The fraction of sp³-hybridized carbons (Fsp3) is 0.353. The largest absolute Gasteiger partial charge is 0.449 e. The second-order valence-electron chi connectivity index (χ2n) is 5.97. The highest BCUT2D eigenvalue weighted by Crippen LogP contribution is 2.24. The van der Waals surface area contributed by atoms with Crippen LogP contribution in [0.2, 0.25) is 0 Å². The number of likely N-dealkylation sites (tertiary alicyclic amines) is 1. The van der Waals surface area contributed by atoms with Crippen LogP contribution in [0.5, 0.6) is 0 Å². The molecule has 4 heterocycles. The molecule has 1 saturated heterocycles. The second-order valence-corrected chi connectivity index (χ2v) is 5.97. The topological polar surface area (TPSA) is 64.2 Å². The van der Waals surface area contributed by atoms with Gasteiger partial charge in [-0.05, 0) is 38.0 Å². The van der Waals surface area contributed by atoms with E-state index >= 15 is 0 Å². The molecule has 0 unspecified atom stereocenters. The van der Waals surface area contributed by atoms with Crippen LogP contribution in [0.15, 0.2) is 41.1 Å². The fourth-order valence-electron chi connectivity index (χ4n) is 3.19. The van der Waals surface area contributed by atoms with E-state index in [0.717, 1.165) is 37.1 Å². The summed E-state index contributed by atoms with van der Waals surface area (Å²) in [5.41, 5.74) is 2.30. The number of carbonyl (C=O) groups is 1. The van der Waals surface area contributed by atoms with Gasteiger partial charge in [-0.1, -0.05) is 0 Å². The number of aryl methyl sites for hydroxylation is 1. The van der Waals surface area contributed by atoms with Crippen LogP contribution in [-0.4, -0.2) is 38.2 Å². The van der Waals surface area contributed by atoms with Crippen molar-refractivity contribution >= 4 is 17.0 Å². The van der Waals surface area contributed by atoms with Crippen molar-refractivity contribution in [2.45, 2.75) is 32.4 Å². The lowest BCUT2D eigenvalue weighted by molar-refractivity contribution is 0.0691. The molecule has 118 valence electrons. The zero-order valence-corrected chi connectivity index (χ0v) is 13.0. The Hall–Kier alpha value is -2.63. The van der Waals surface area contributed by atoms with Gasteiger partial charge in [-0.3, -0.25) is 9.48 Å². The third-order valence-electron chi connectivity index (χ3n) is 4.32. The number of hydrogen-bond acceptors (Lipinski definition) is 4. The Balaban J connectivity index is 1.58. The van der Waals surface area contributed by atoms with Crippen LogP contribution in [0.3, 0.4) is 0 Å². The molecular weight excluding hydrogens is 292 g/mol. The summed E-state index contributed by atoms with van der Waals surface area (Å²) >= 11 is 0. The van der Waals surface area contributed by atoms with Gasteiger partial charge in [-0.15, -0.1) is 0 Å². The van der Waals surface area contributed by atoms with Gasteiger partial charge in [0.2, 0.25) is 0 Å². The van der Waals surface area contributed by atoms with Crippen molar-refractivity contribution < 1.29 is 9.21 Å². The maximum atomic E-state index is 12.8. The molecule has 0 N–H and O–H groups in total. The smallest absolute Gasteiger partial charge is 0.289 e. The minimum Gasteiger partial charge on any atom is -0.449 e. The van der Waals surface area contributed by atoms with Crippen LogP contribution in [-0.2, 0) is 6.54 Å². The maximum absolute atomic E-state index is 12.8. The van der Waals surface area contributed by atoms with E-state index in [9.17, 15) is 4.79 Å². The molecule has 1 atom stereocenters. The van der Waals surface area contributed by atoms with Gasteiger partial charge in [0.1, 0.15) is 5.52 Å². The summed E-state index contributed by atoms with van der Waals surface area (Å²) < 4.78 is 7.58. The Morgan fingerprint density at radius 2 is 2.35 bits per heavy atom. The average Bonchev–Trinajstić information content (AvgIpc) is 3.26. The van der Waals surface area contributed by atoms with Crippen molar-refractivity contribution in [2.24, 2.45) is 0 Å². The van der Waals surface area contributed by atoms with E-state index in [1.165, 1.54) is 0 Å². The van der Waals surface area contributed by atoms with Crippen LogP contribution < -0.4 is 0 Å². The lowest BCUT2D eigenvalue weighted by Crippen LogP contribution is -2.38. The Bertz CT molecular complexity index is 838. The van der Waals surface area contributed by atoms with Crippen molar-refractivity contribution in [3.8, 4) is 0 Å². The highest BCUT2D eigenvalue weighted by Gasteiger charge is 2.31. The van der Waals surface area contributed by atoms with Crippen LogP contribution in [0, 0.1) is 6.92 Å². The molecular formula is C17H18N4O2. The predicted molar refractivity (Wildman–Crippen MR) is 85.0 cm³/mol. The molecule has 4 rings (SSSR count). The van der Waals surface area contributed by atoms with Gasteiger partial charge in [-0.2, -0.15) is 5.10 Å². The zero-order chi connectivity index (χ0) is 15.8. The van der Waals surface area contributed by atoms with Gasteiger partial charge in [0.25, 0.3) is 5.91 Å². The molecule has 6 nitrogen and oxygen atoms in total. The van der Waals surface area contributed by atoms with Crippen LogP contribution in [0.4, 0.5) is 0 Å². The Morgan fingerprint density at radius 3 is 3.17 bits per heavy atom. The number of hydrogen-bond donors (Lipinski definition) is 0. The summed E-state index contributed by atoms with van der Waals surface area (Å²) in [6, 6.07) is 7.55. The summed E-state index contributed by atoms with van der Waals surface area (Å²) in [6.07, 6.45) is 5.68. The van der Waals surface area contributed by atoms with E-state index in [-0.39, 0.29) is 11.9 Å². The lowest BCUT2D eigenvalue weighted by atomic mass is 10.2. The Labute approximate surface area is 133 Å². The third kappa shape index (κ3) is 2.60. The monoisotopic (exact) mass is 310 g/mol. The third-order valence-corrected chi connectivity index (χ3v) is 4.32. The molecule has 1 fully saturated rings. The van der Waals surface area contributed by atoms with Crippen molar-refractivity contribution in [1.29, 1.82) is 0 Å². The molecule has 1 aliphatic rings. The first-order valence-corrected chi connectivity index (χ1v) is 7.86. The number of fused-ring (bicyclic) bond motifs is 1. The number of pyridine rings is 1. The molecule has 6 heteroatoms. The van der Waals surface area contributed by atoms with Gasteiger partial charge in [0, 0.05) is 30.7 Å². The number of rotatable bonds is 3. The zero-order valence-electron chi connectivity index (χ0n) is 13.0. The predicted octanol–water partition coefficient (Wildman–Crippen LogP) is 2.64. The molecule has 3 aromatic rings. The Morgan fingerprint density at radius 1 is 1.43 bits per heavy atom. The summed E-state index contributed by atoms with van der Waals surface area (Å²) in [7, 11) is 0. The number of amides is 1. The first-order chi connectivity index (χ1) is 11.2. The molecule has 1 aliphatic heterocycles. The SMILES string of the molecule is Cc1ccc2oc(C(=O)N3CCC[C@H]3Cn3cccn3)cc2n1. The molecule has 1 amide bonds. The molecule has 23 heavy (non-hydrogen) atoms. The highest BCUT2D eigenvalue weighted by molar-refractivity contribution is 5.95. The first kappa shape index (κ1) is 14.0. The van der Waals surface area contributed by atoms with Gasteiger partial charge >= 0.3 is 0 Å². The lowest BCUT2D eigenvalue weighted by Gasteiger charge is -2.23. The van der Waals surface area contributed by atoms with Crippen molar-refractivity contribution in [1.82, 2.24) is 19.7 Å². The van der Waals surface area contributed by atoms with E-state index in [1.54, 1.807) is 12.3 Å². The minimum absolute atomic E-state index is 0.0599. The first-order valence-electron chi connectivity index (χ1n) is 7.86. The molecule has 0 aliphatic carbocycles. The summed E-state index contributed by atoms with van der Waals surface area (Å²) in [6.45, 7) is 3.40. The van der Waals surface area contributed by atoms with E-state index in [2.05, 4.69) is 10.1 Å². The van der Waals surface area contributed by atoms with Gasteiger partial charge in [0.15, 0.2) is 11.3 Å². The summed E-state index contributed by atoms with van der Waals surface area (Å²) in [5.74, 6) is 0.306. The number of carbonyl (C=O) groups excluding carboxylic acids is 1. The van der Waals surface area contributed by atoms with Crippen molar-refractivity contribution in [2.75, 3.05) is 6.54 Å². The van der Waals surface area contributed by atoms with Crippen LogP contribution in [0.25, 0.3) is 11.1 Å². The molecule has 0 radical (unpaired) electrons. The summed E-state index contributed by atoms with van der Waals surface area (Å²) in [4.78, 5) is 19.1. The standard InChI is InChI=1S/C17H18N4O2/c1-12-5-6-15-14(19-12)10-16(23-15)17(22)21-9-2-4-13(21)11-20-8-3-7-18-20/h3,5-8,10,13H,2,4,9,11H2,1H3/t13-/m0/s1. The van der Waals surface area contributed by atoms with E-state index in [4.69, 9.17) is 4.42 Å². The van der Waals surface area contributed by atoms with E-state index in [0.29, 0.717) is 11.3 Å². The quantitative estimate of drug-likeness (QED) is 0.746. The second kappa shape index (κ2) is 5.53. The molecule has 0 saturated carbocycles. The van der Waals surface area contributed by atoms with Gasteiger partial charge in [0.05, 0.1) is 12.6 Å². The fourth-order valence-corrected chi connectivity index (χ4v) is 3.19. The average molecular weight is 310 g/mol. The van der Waals surface area contributed by atoms with Crippen molar-refractivity contribution in [3.63, 3.8) is 0 Å². The molecule has 0 spiro atoms. The van der Waals surface area contributed by atoms with Crippen LogP contribution >= 0.6 is 0 Å². The minimum atomic E-state index is -0.0599. The Kier molecular flexibility index (Phi) is 3.37. The van der Waals surface area contributed by atoms with Crippen LogP contribution in [0.1, 0.15) is 29.1 Å². The van der Waals surface area contributed by atoms with Crippen molar-refractivity contribution in [3.05, 3.63) is 48.1 Å². The van der Waals surface area contributed by atoms with E-state index in [1.807, 2.05) is 40.9 Å². The van der Waals surface area contributed by atoms with Gasteiger partial charge < -0.3 is 9.32 Å². The molecule has 0 aromatic carbocycles. The molecule has 0 bridgehead atoms. The molecule has 3 aromatic heterocycles. The summed E-state index contributed by atoms with van der Waals surface area (Å²) in [5, 5.41) is 4.24.